The van der Waals surface area contributed by atoms with Crippen LogP contribution in [0.2, 0.25) is 0 Å². The lowest BCUT2D eigenvalue weighted by Gasteiger charge is -2.30. The zero-order chi connectivity index (χ0) is 25.6. The molecule has 7 rings (SSSR count). The predicted molar refractivity (Wildman–Crippen MR) is 156 cm³/mol. The van der Waals surface area contributed by atoms with Gasteiger partial charge in [-0.05, 0) is 79.9 Å². The first kappa shape index (κ1) is 22.1. The molecule has 2 N–H and O–H groups in total. The lowest BCUT2D eigenvalue weighted by Crippen LogP contribution is -2.03. The predicted octanol–water partition coefficient (Wildman–Crippen LogP) is 9.41. The third-order valence-electron chi connectivity index (χ3n) is 7.45. The third kappa shape index (κ3) is 3.50. The summed E-state index contributed by atoms with van der Waals surface area (Å²) >= 11 is 0. The van der Waals surface area contributed by atoms with Crippen LogP contribution in [0, 0.1) is 0 Å². The van der Waals surface area contributed by atoms with Gasteiger partial charge in [-0.2, -0.15) is 0 Å². The minimum Gasteiger partial charge on any atom is -0.507 e. The number of phenolic OH excluding ortho intramolecular Hbond substituents is 2. The molecule has 0 atom stereocenters. The zero-order valence-corrected chi connectivity index (χ0v) is 20.6. The van der Waals surface area contributed by atoms with E-state index in [4.69, 9.17) is 0 Å². The Labute approximate surface area is 221 Å². The summed E-state index contributed by atoms with van der Waals surface area (Å²) in [6.07, 6.45) is 0. The van der Waals surface area contributed by atoms with Crippen molar-refractivity contribution in [2.75, 3.05) is 0 Å². The number of fused-ring (bicyclic) bond motifs is 4. The second kappa shape index (κ2) is 8.79. The highest BCUT2D eigenvalue weighted by molar-refractivity contribution is 6.14. The number of aromatic hydroxyl groups is 2. The molecule has 2 heteroatoms. The molecule has 0 heterocycles. The maximum absolute atomic E-state index is 10.6. The molecule has 6 aromatic carbocycles. The number of phenols is 2. The molecule has 1 aliphatic carbocycles. The van der Waals surface area contributed by atoms with Gasteiger partial charge in [0.2, 0.25) is 0 Å². The summed E-state index contributed by atoms with van der Waals surface area (Å²) in [4.78, 5) is 0. The molecule has 2 nitrogen and oxygen atoms in total. The first-order chi connectivity index (χ1) is 18.7. The fraction of sp³-hybridized carbons (Fsp3) is 0. The quantitative estimate of drug-likeness (QED) is 0.259. The van der Waals surface area contributed by atoms with Gasteiger partial charge in [-0.15, -0.1) is 0 Å². The van der Waals surface area contributed by atoms with Crippen LogP contribution in [0.15, 0.2) is 133 Å². The van der Waals surface area contributed by atoms with Gasteiger partial charge in [0.15, 0.2) is 0 Å². The summed E-state index contributed by atoms with van der Waals surface area (Å²) in [5.74, 6) is 0.543. The van der Waals surface area contributed by atoms with E-state index >= 15 is 0 Å². The van der Waals surface area contributed by atoms with Crippen molar-refractivity contribution in [3.8, 4) is 78.3 Å². The van der Waals surface area contributed by atoms with Crippen LogP contribution >= 0.6 is 0 Å². The Hall–Kier alpha value is -5.08. The molecular formula is C36H24O2. The fourth-order valence-electron chi connectivity index (χ4n) is 5.62. The van der Waals surface area contributed by atoms with E-state index in [1.54, 1.807) is 12.1 Å². The molecule has 0 unspecified atom stereocenters. The van der Waals surface area contributed by atoms with Crippen LogP contribution in [-0.4, -0.2) is 10.2 Å². The van der Waals surface area contributed by atoms with Crippen LogP contribution in [0.3, 0.4) is 0 Å². The molecular weight excluding hydrogens is 464 g/mol. The normalized spacial score (nSPS) is 11.4. The molecule has 0 aromatic heterocycles. The Morgan fingerprint density at radius 3 is 1.11 bits per heavy atom. The van der Waals surface area contributed by atoms with Crippen LogP contribution in [0.4, 0.5) is 0 Å². The summed E-state index contributed by atoms with van der Waals surface area (Å²) < 4.78 is 0. The van der Waals surface area contributed by atoms with Gasteiger partial charge in [-0.25, -0.2) is 0 Å². The van der Waals surface area contributed by atoms with Crippen molar-refractivity contribution >= 4 is 0 Å². The first-order valence-electron chi connectivity index (χ1n) is 12.7. The van der Waals surface area contributed by atoms with Crippen molar-refractivity contribution in [1.29, 1.82) is 0 Å². The molecule has 180 valence electrons. The largest absolute Gasteiger partial charge is 0.507 e. The highest BCUT2D eigenvalue weighted by atomic mass is 16.3. The van der Waals surface area contributed by atoms with Crippen LogP contribution in [0.25, 0.3) is 66.8 Å². The van der Waals surface area contributed by atoms with Gasteiger partial charge in [-0.3, -0.25) is 0 Å². The number of hydrogen-bond acceptors (Lipinski definition) is 2. The van der Waals surface area contributed by atoms with Crippen molar-refractivity contribution < 1.29 is 10.2 Å². The van der Waals surface area contributed by atoms with Gasteiger partial charge in [-0.1, -0.05) is 109 Å². The smallest absolute Gasteiger partial charge is 0.123 e. The second-order valence-corrected chi connectivity index (χ2v) is 9.65. The summed E-state index contributed by atoms with van der Waals surface area (Å²) in [5, 5.41) is 21.3. The van der Waals surface area contributed by atoms with Gasteiger partial charge in [0.05, 0.1) is 0 Å². The summed E-state index contributed by atoms with van der Waals surface area (Å²) in [5.41, 5.74) is 12.9. The van der Waals surface area contributed by atoms with Crippen molar-refractivity contribution in [3.63, 3.8) is 0 Å². The van der Waals surface area contributed by atoms with Crippen molar-refractivity contribution in [3.05, 3.63) is 133 Å². The fourth-order valence-corrected chi connectivity index (χ4v) is 5.62. The molecule has 6 aromatic rings. The maximum atomic E-state index is 10.6. The van der Waals surface area contributed by atoms with E-state index in [0.29, 0.717) is 0 Å². The van der Waals surface area contributed by atoms with Crippen molar-refractivity contribution in [2.24, 2.45) is 0 Å². The third-order valence-corrected chi connectivity index (χ3v) is 7.45. The number of rotatable bonds is 4. The van der Waals surface area contributed by atoms with E-state index in [1.165, 1.54) is 22.3 Å². The van der Waals surface area contributed by atoms with Gasteiger partial charge in [0.1, 0.15) is 11.5 Å². The summed E-state index contributed by atoms with van der Waals surface area (Å²) in [6, 6.07) is 44.6. The summed E-state index contributed by atoms with van der Waals surface area (Å²) in [6.45, 7) is 0. The topological polar surface area (TPSA) is 40.5 Å². The van der Waals surface area contributed by atoms with Crippen LogP contribution in [-0.2, 0) is 0 Å². The van der Waals surface area contributed by atoms with Crippen molar-refractivity contribution in [2.45, 2.75) is 0 Å². The standard InChI is InChI=1S/C36H24O2/c37-33-19-17-25(21-31(33)23-9-3-1-4-10-23)27-13-7-15-29-30-16-8-14-28(36(30)35(27)29)26-18-20-34(38)32(22-26)24-11-5-2-6-12-24/h1-22,37-38H. The average Bonchev–Trinajstić information content (AvgIpc) is 2.96. The lowest BCUT2D eigenvalue weighted by molar-refractivity contribution is 0.477. The van der Waals surface area contributed by atoms with Gasteiger partial charge >= 0.3 is 0 Å². The molecule has 0 amide bonds. The molecule has 0 fully saturated rings. The minimum absolute atomic E-state index is 0.272. The van der Waals surface area contributed by atoms with E-state index in [-0.39, 0.29) is 11.5 Å². The zero-order valence-electron chi connectivity index (χ0n) is 20.6. The molecule has 0 spiro atoms. The van der Waals surface area contributed by atoms with Gasteiger partial charge in [0, 0.05) is 11.1 Å². The van der Waals surface area contributed by atoms with Crippen LogP contribution in [0.1, 0.15) is 0 Å². The molecule has 0 radical (unpaired) electrons. The van der Waals surface area contributed by atoms with E-state index in [9.17, 15) is 10.2 Å². The second-order valence-electron chi connectivity index (χ2n) is 9.65. The Balaban J connectivity index is 1.38. The first-order valence-corrected chi connectivity index (χ1v) is 12.7. The van der Waals surface area contributed by atoms with E-state index < -0.39 is 0 Å². The maximum Gasteiger partial charge on any atom is 0.123 e. The molecule has 1 aliphatic rings. The summed E-state index contributed by atoms with van der Waals surface area (Å²) in [7, 11) is 0. The highest BCUT2D eigenvalue weighted by Gasteiger charge is 2.29. The Kier molecular flexibility index (Phi) is 5.12. The highest BCUT2D eigenvalue weighted by Crippen LogP contribution is 2.56. The lowest BCUT2D eigenvalue weighted by atomic mass is 9.73. The van der Waals surface area contributed by atoms with Gasteiger partial charge < -0.3 is 10.2 Å². The number of hydrogen-bond donors (Lipinski definition) is 2. The molecule has 0 aliphatic heterocycles. The average molecular weight is 489 g/mol. The van der Waals surface area contributed by atoms with E-state index in [1.807, 2.05) is 72.8 Å². The monoisotopic (exact) mass is 488 g/mol. The molecule has 0 saturated heterocycles. The molecule has 0 saturated carbocycles. The Morgan fingerprint density at radius 1 is 0.289 bits per heavy atom. The van der Waals surface area contributed by atoms with Crippen molar-refractivity contribution in [1.82, 2.24) is 0 Å². The SMILES string of the molecule is Oc1ccc(-c2cccc3c2-c2c(-c4ccc(O)c(-c5ccccc5)c4)cccc2-3)cc1-c1ccccc1. The molecule has 38 heavy (non-hydrogen) atoms. The van der Waals surface area contributed by atoms with Crippen LogP contribution < -0.4 is 0 Å². The Bertz CT molecular complexity index is 1680. The van der Waals surface area contributed by atoms with E-state index in [2.05, 4.69) is 48.5 Å². The van der Waals surface area contributed by atoms with Gasteiger partial charge in [0.25, 0.3) is 0 Å². The molecule has 0 bridgehead atoms. The Morgan fingerprint density at radius 2 is 0.684 bits per heavy atom. The minimum atomic E-state index is 0.272. The number of benzene rings is 6. The van der Waals surface area contributed by atoms with Crippen LogP contribution in [0.5, 0.6) is 11.5 Å². The van der Waals surface area contributed by atoms with E-state index in [0.717, 1.165) is 44.5 Å².